The number of ether oxygens (including phenoxy) is 2. The van der Waals surface area contributed by atoms with Crippen molar-refractivity contribution in [2.45, 2.75) is 25.8 Å². The molecule has 0 bridgehead atoms. The first kappa shape index (κ1) is 16.7. The summed E-state index contributed by atoms with van der Waals surface area (Å²) in [6.45, 7) is 2.28. The number of hydrogen-bond donors (Lipinski definition) is 0. The van der Waals surface area contributed by atoms with Crippen molar-refractivity contribution in [3.63, 3.8) is 0 Å². The van der Waals surface area contributed by atoms with Crippen molar-refractivity contribution < 1.29 is 14.3 Å². The van der Waals surface area contributed by atoms with E-state index in [1.54, 1.807) is 4.90 Å². The summed E-state index contributed by atoms with van der Waals surface area (Å²) in [5.74, 6) is 1.62. The number of benzene rings is 2. The third kappa shape index (κ3) is 3.65. The van der Waals surface area contributed by atoms with Crippen LogP contribution in [0.3, 0.4) is 0 Å². The Balaban J connectivity index is 1.58. The molecular weight excluding hydrogens is 326 g/mol. The van der Waals surface area contributed by atoms with E-state index in [0.717, 1.165) is 22.6 Å². The van der Waals surface area contributed by atoms with Gasteiger partial charge in [0, 0.05) is 18.5 Å². The molecule has 0 aromatic heterocycles. The van der Waals surface area contributed by atoms with E-state index in [1.165, 1.54) is 0 Å². The molecule has 0 saturated heterocycles. The number of fused-ring (bicyclic) bond motifs is 1. The number of carbonyl (C=O) groups is 1. The van der Waals surface area contributed by atoms with Gasteiger partial charge in [-0.1, -0.05) is 29.8 Å². The molecule has 1 heterocycles. The van der Waals surface area contributed by atoms with E-state index < -0.39 is 0 Å². The Labute approximate surface area is 146 Å². The van der Waals surface area contributed by atoms with Gasteiger partial charge in [0.25, 0.3) is 0 Å². The fourth-order valence-corrected chi connectivity index (χ4v) is 2.83. The van der Waals surface area contributed by atoms with Crippen LogP contribution in [-0.4, -0.2) is 24.6 Å². The molecule has 0 saturated carbocycles. The highest BCUT2D eigenvalue weighted by molar-refractivity contribution is 6.30. The van der Waals surface area contributed by atoms with Crippen LogP contribution in [0.2, 0.25) is 5.02 Å². The Hall–Kier alpha value is -2.20. The van der Waals surface area contributed by atoms with E-state index in [1.807, 2.05) is 56.4 Å². The molecule has 1 amide bonds. The minimum atomic E-state index is 0.00604. The molecule has 126 valence electrons. The lowest BCUT2D eigenvalue weighted by molar-refractivity contribution is -0.131. The number of halogens is 1. The Kier molecular flexibility index (Phi) is 4.95. The van der Waals surface area contributed by atoms with Crippen LogP contribution in [0, 0.1) is 0 Å². The first-order valence-corrected chi connectivity index (χ1v) is 8.32. The van der Waals surface area contributed by atoms with Gasteiger partial charge in [-0.05, 0) is 48.7 Å². The van der Waals surface area contributed by atoms with Crippen LogP contribution < -0.4 is 9.47 Å². The Morgan fingerprint density at radius 3 is 2.62 bits per heavy atom. The molecule has 0 unspecified atom stereocenters. The molecular formula is C19H20ClNO3. The van der Waals surface area contributed by atoms with Crippen molar-refractivity contribution in [2.24, 2.45) is 0 Å². The maximum absolute atomic E-state index is 12.5. The molecule has 24 heavy (non-hydrogen) atoms. The summed E-state index contributed by atoms with van der Waals surface area (Å²) < 4.78 is 10.7. The van der Waals surface area contributed by atoms with Crippen LogP contribution in [0.1, 0.15) is 30.5 Å². The monoisotopic (exact) mass is 345 g/mol. The van der Waals surface area contributed by atoms with E-state index in [-0.39, 0.29) is 18.7 Å². The number of hydrogen-bond acceptors (Lipinski definition) is 3. The van der Waals surface area contributed by atoms with Gasteiger partial charge in [-0.3, -0.25) is 4.79 Å². The second-order valence-electron chi connectivity index (χ2n) is 5.92. The third-order valence-electron chi connectivity index (χ3n) is 4.39. The highest BCUT2D eigenvalue weighted by Crippen LogP contribution is 2.33. The standard InChI is InChI=1S/C19H20ClNO3/c1-13(15-5-7-16(20)8-6-15)21(2)19(22)10-4-14-3-9-17-18(11-14)24-12-23-17/h3,5-9,11,13H,4,10,12H2,1-2H3/t13-/m1/s1. The Morgan fingerprint density at radius 2 is 1.88 bits per heavy atom. The van der Waals surface area contributed by atoms with Gasteiger partial charge in [-0.15, -0.1) is 0 Å². The molecule has 1 aliphatic heterocycles. The van der Waals surface area contributed by atoms with Gasteiger partial charge in [-0.2, -0.15) is 0 Å². The summed E-state index contributed by atoms with van der Waals surface area (Å²) in [5, 5.41) is 0.697. The summed E-state index contributed by atoms with van der Waals surface area (Å²) in [6.07, 6.45) is 1.13. The molecule has 0 spiro atoms. The molecule has 3 rings (SSSR count). The summed E-state index contributed by atoms with van der Waals surface area (Å²) >= 11 is 5.92. The summed E-state index contributed by atoms with van der Waals surface area (Å²) in [6, 6.07) is 13.4. The first-order chi connectivity index (χ1) is 11.5. The quantitative estimate of drug-likeness (QED) is 0.814. The average molecular weight is 346 g/mol. The molecule has 0 N–H and O–H groups in total. The fourth-order valence-electron chi connectivity index (χ4n) is 2.70. The molecule has 5 heteroatoms. The molecule has 1 aliphatic rings. The van der Waals surface area contributed by atoms with Gasteiger partial charge in [0.1, 0.15) is 0 Å². The molecule has 2 aromatic rings. The molecule has 4 nitrogen and oxygen atoms in total. The van der Waals surface area contributed by atoms with Crippen molar-refractivity contribution in [3.8, 4) is 11.5 Å². The molecule has 0 radical (unpaired) electrons. The van der Waals surface area contributed by atoms with Gasteiger partial charge >= 0.3 is 0 Å². The van der Waals surface area contributed by atoms with E-state index in [2.05, 4.69) is 0 Å². The van der Waals surface area contributed by atoms with E-state index >= 15 is 0 Å². The average Bonchev–Trinajstić information content (AvgIpc) is 3.06. The van der Waals surface area contributed by atoms with Crippen molar-refractivity contribution in [3.05, 3.63) is 58.6 Å². The zero-order chi connectivity index (χ0) is 17.1. The summed E-state index contributed by atoms with van der Waals surface area (Å²) in [7, 11) is 1.83. The van der Waals surface area contributed by atoms with Gasteiger partial charge in [0.15, 0.2) is 11.5 Å². The van der Waals surface area contributed by atoms with E-state index in [9.17, 15) is 4.79 Å². The first-order valence-electron chi connectivity index (χ1n) is 7.94. The highest BCUT2D eigenvalue weighted by atomic mass is 35.5. The second kappa shape index (κ2) is 7.14. The smallest absolute Gasteiger partial charge is 0.231 e. The normalized spacial score (nSPS) is 13.6. The maximum Gasteiger partial charge on any atom is 0.231 e. The minimum absolute atomic E-state index is 0.00604. The summed E-state index contributed by atoms with van der Waals surface area (Å²) in [5.41, 5.74) is 2.14. The van der Waals surface area contributed by atoms with Gasteiger partial charge in [-0.25, -0.2) is 0 Å². The SMILES string of the molecule is C[C@H](c1ccc(Cl)cc1)N(C)C(=O)CCc1ccc2c(c1)OCO2. The van der Waals surface area contributed by atoms with Crippen LogP contribution >= 0.6 is 11.6 Å². The zero-order valence-corrected chi connectivity index (χ0v) is 14.5. The van der Waals surface area contributed by atoms with Gasteiger partial charge in [0.05, 0.1) is 6.04 Å². The zero-order valence-electron chi connectivity index (χ0n) is 13.8. The maximum atomic E-state index is 12.5. The predicted molar refractivity (Wildman–Crippen MR) is 93.5 cm³/mol. The molecule has 1 atom stereocenters. The van der Waals surface area contributed by atoms with Crippen LogP contribution in [0.15, 0.2) is 42.5 Å². The number of nitrogens with zero attached hydrogens (tertiary/aromatic N) is 1. The van der Waals surface area contributed by atoms with Crippen molar-refractivity contribution in [2.75, 3.05) is 13.8 Å². The lowest BCUT2D eigenvalue weighted by Gasteiger charge is -2.25. The predicted octanol–water partition coefficient (Wildman–Crippen LogP) is 4.22. The second-order valence-corrected chi connectivity index (χ2v) is 6.36. The van der Waals surface area contributed by atoms with Crippen molar-refractivity contribution in [1.29, 1.82) is 0 Å². The Morgan fingerprint density at radius 1 is 1.17 bits per heavy atom. The van der Waals surface area contributed by atoms with E-state index in [0.29, 0.717) is 17.9 Å². The lowest BCUT2D eigenvalue weighted by Crippen LogP contribution is -2.29. The van der Waals surface area contributed by atoms with Crippen LogP contribution in [0.4, 0.5) is 0 Å². The third-order valence-corrected chi connectivity index (χ3v) is 4.64. The van der Waals surface area contributed by atoms with Gasteiger partial charge < -0.3 is 14.4 Å². The van der Waals surface area contributed by atoms with E-state index in [4.69, 9.17) is 21.1 Å². The largest absolute Gasteiger partial charge is 0.454 e. The number of rotatable bonds is 5. The van der Waals surface area contributed by atoms with Crippen LogP contribution in [0.25, 0.3) is 0 Å². The van der Waals surface area contributed by atoms with Crippen molar-refractivity contribution in [1.82, 2.24) is 4.90 Å². The fraction of sp³-hybridized carbons (Fsp3) is 0.316. The van der Waals surface area contributed by atoms with Crippen LogP contribution in [0.5, 0.6) is 11.5 Å². The molecule has 0 aliphatic carbocycles. The lowest BCUT2D eigenvalue weighted by atomic mass is 10.1. The number of amides is 1. The van der Waals surface area contributed by atoms with Crippen LogP contribution in [-0.2, 0) is 11.2 Å². The van der Waals surface area contributed by atoms with Gasteiger partial charge in [0.2, 0.25) is 12.7 Å². The Bertz CT molecular complexity index is 730. The number of carbonyl (C=O) groups excluding carboxylic acids is 1. The molecule has 2 aromatic carbocycles. The van der Waals surface area contributed by atoms with Crippen molar-refractivity contribution >= 4 is 17.5 Å². The minimum Gasteiger partial charge on any atom is -0.454 e. The molecule has 0 fully saturated rings. The number of aryl methyl sites for hydroxylation is 1. The topological polar surface area (TPSA) is 38.8 Å². The highest BCUT2D eigenvalue weighted by Gasteiger charge is 2.18. The summed E-state index contributed by atoms with van der Waals surface area (Å²) in [4.78, 5) is 14.2.